The first kappa shape index (κ1) is 13.5. The number of imidazole rings is 1. The maximum Gasteiger partial charge on any atom is 0.175 e. The van der Waals surface area contributed by atoms with Gasteiger partial charge in [-0.15, -0.1) is 0 Å². The highest BCUT2D eigenvalue weighted by Crippen LogP contribution is 2.27. The van der Waals surface area contributed by atoms with Gasteiger partial charge in [0.05, 0.1) is 32.5 Å². The molecule has 0 aliphatic heterocycles. The lowest BCUT2D eigenvalue weighted by Crippen LogP contribution is -2.34. The predicted octanol–water partition coefficient (Wildman–Crippen LogP) is 2.23. The van der Waals surface area contributed by atoms with E-state index in [-0.39, 0.29) is 5.75 Å². The van der Waals surface area contributed by atoms with E-state index in [9.17, 15) is 9.50 Å². The summed E-state index contributed by atoms with van der Waals surface area (Å²) in [4.78, 5) is 4.27. The van der Waals surface area contributed by atoms with Gasteiger partial charge in [-0.05, 0) is 19.1 Å². The highest BCUT2D eigenvalue weighted by molar-refractivity contribution is 5.48. The van der Waals surface area contributed by atoms with Gasteiger partial charge in [-0.25, -0.2) is 9.37 Å². The van der Waals surface area contributed by atoms with Gasteiger partial charge in [0.2, 0.25) is 0 Å². The van der Waals surface area contributed by atoms with Gasteiger partial charge in [0.25, 0.3) is 0 Å². The number of aryl methyl sites for hydroxylation is 1. The van der Waals surface area contributed by atoms with Crippen LogP contribution in [0.4, 0.5) is 4.39 Å². The van der Waals surface area contributed by atoms with E-state index in [2.05, 4.69) is 26.1 Å². The highest BCUT2D eigenvalue weighted by Gasteiger charge is 2.19. The van der Waals surface area contributed by atoms with Crippen LogP contribution in [0.15, 0.2) is 24.5 Å². The minimum Gasteiger partial charge on any atom is -0.503 e. The zero-order valence-corrected chi connectivity index (χ0v) is 11.7. The van der Waals surface area contributed by atoms with Gasteiger partial charge in [-0.1, -0.05) is 6.07 Å². The molecule has 0 aliphatic rings. The fraction of sp³-hybridized carbons (Fsp3) is 0.357. The molecule has 0 aliphatic carbocycles. The third-order valence-corrected chi connectivity index (χ3v) is 2.92. The van der Waals surface area contributed by atoms with Crippen LogP contribution in [0.25, 0.3) is 5.69 Å². The van der Waals surface area contributed by atoms with Crippen LogP contribution in [0.2, 0.25) is 0 Å². The molecule has 1 heterocycles. The standard InChI is InChI=1S/C14H18FN3O/c1-10-13(8-18(2,3)4)17(9-16-10)12-7-5-6-11(15)14(12)19/h5-7,9H,8H2,1-4H3/p+1. The zero-order chi connectivity index (χ0) is 14.2. The predicted molar refractivity (Wildman–Crippen MR) is 71.7 cm³/mol. The molecule has 1 aromatic heterocycles. The van der Waals surface area contributed by atoms with Crippen molar-refractivity contribution in [2.24, 2.45) is 0 Å². The van der Waals surface area contributed by atoms with Gasteiger partial charge in [0, 0.05) is 0 Å². The lowest BCUT2D eigenvalue weighted by atomic mass is 10.2. The summed E-state index contributed by atoms with van der Waals surface area (Å²) in [7, 11) is 6.21. The minimum absolute atomic E-state index is 0.345. The van der Waals surface area contributed by atoms with Crippen LogP contribution in [0, 0.1) is 12.7 Å². The number of para-hydroxylation sites is 1. The molecule has 19 heavy (non-hydrogen) atoms. The Hall–Kier alpha value is -1.88. The first-order valence-electron chi connectivity index (χ1n) is 6.11. The Balaban J connectivity index is 2.55. The SMILES string of the molecule is Cc1ncn(-c2cccc(F)c2O)c1C[N+](C)(C)C. The van der Waals surface area contributed by atoms with Crippen molar-refractivity contribution in [3.63, 3.8) is 0 Å². The van der Waals surface area contributed by atoms with E-state index in [4.69, 9.17) is 0 Å². The monoisotopic (exact) mass is 264 g/mol. The van der Waals surface area contributed by atoms with E-state index in [0.717, 1.165) is 22.4 Å². The second-order valence-corrected chi connectivity index (χ2v) is 5.70. The first-order valence-corrected chi connectivity index (χ1v) is 6.11. The maximum absolute atomic E-state index is 13.5. The summed E-state index contributed by atoms with van der Waals surface area (Å²) < 4.78 is 15.9. The summed E-state index contributed by atoms with van der Waals surface area (Å²) in [5.74, 6) is -0.970. The number of aromatic nitrogens is 2. The Labute approximate surface area is 112 Å². The van der Waals surface area contributed by atoms with Crippen molar-refractivity contribution in [3.8, 4) is 11.4 Å². The zero-order valence-electron chi connectivity index (χ0n) is 11.7. The minimum atomic E-state index is -0.625. The molecule has 1 N–H and O–H groups in total. The molecule has 1 aromatic carbocycles. The molecule has 5 heteroatoms. The number of rotatable bonds is 3. The molecule has 0 fully saturated rings. The fourth-order valence-electron chi connectivity index (χ4n) is 2.01. The quantitative estimate of drug-likeness (QED) is 0.863. The molecule has 2 aromatic rings. The summed E-state index contributed by atoms with van der Waals surface area (Å²) in [6, 6.07) is 4.50. The van der Waals surface area contributed by atoms with Crippen molar-refractivity contribution in [2.45, 2.75) is 13.5 Å². The van der Waals surface area contributed by atoms with Crippen molar-refractivity contribution in [2.75, 3.05) is 21.1 Å². The number of phenols is 1. The molecule has 0 saturated carbocycles. The van der Waals surface area contributed by atoms with Crippen molar-refractivity contribution in [1.82, 2.24) is 9.55 Å². The number of phenolic OH excluding ortho intramolecular Hbond substituents is 1. The van der Waals surface area contributed by atoms with Crippen LogP contribution >= 0.6 is 0 Å². The maximum atomic E-state index is 13.5. The van der Waals surface area contributed by atoms with Crippen molar-refractivity contribution in [1.29, 1.82) is 0 Å². The van der Waals surface area contributed by atoms with Crippen LogP contribution in [-0.4, -0.2) is 40.3 Å². The first-order chi connectivity index (χ1) is 8.79. The van der Waals surface area contributed by atoms with E-state index in [0.29, 0.717) is 5.69 Å². The summed E-state index contributed by atoms with van der Waals surface area (Å²) in [5, 5.41) is 9.85. The fourth-order valence-corrected chi connectivity index (χ4v) is 2.01. The second kappa shape index (κ2) is 4.66. The van der Waals surface area contributed by atoms with Crippen LogP contribution in [0.5, 0.6) is 5.75 Å². The lowest BCUT2D eigenvalue weighted by molar-refractivity contribution is -0.884. The Kier molecular flexibility index (Phi) is 3.32. The number of quaternary nitrogens is 1. The summed E-state index contributed by atoms with van der Waals surface area (Å²) >= 11 is 0. The molecule has 4 nitrogen and oxygen atoms in total. The molecular weight excluding hydrogens is 245 g/mol. The van der Waals surface area contributed by atoms with Gasteiger partial charge in [-0.3, -0.25) is 4.57 Å². The van der Waals surface area contributed by atoms with Crippen LogP contribution < -0.4 is 0 Å². The summed E-state index contributed by atoms with van der Waals surface area (Å²) in [6.45, 7) is 2.65. The smallest absolute Gasteiger partial charge is 0.175 e. The molecule has 0 saturated heterocycles. The molecule has 0 spiro atoms. The van der Waals surface area contributed by atoms with Crippen LogP contribution in [-0.2, 0) is 6.54 Å². The average molecular weight is 264 g/mol. The number of hydrogen-bond acceptors (Lipinski definition) is 2. The Morgan fingerprint density at radius 2 is 2.00 bits per heavy atom. The van der Waals surface area contributed by atoms with Gasteiger partial charge >= 0.3 is 0 Å². The number of benzene rings is 1. The molecular formula is C14H19FN3O+. The highest BCUT2D eigenvalue weighted by atomic mass is 19.1. The number of nitrogens with zero attached hydrogens (tertiary/aromatic N) is 3. The van der Waals surface area contributed by atoms with Gasteiger partial charge in [0.15, 0.2) is 11.6 Å². The third-order valence-electron chi connectivity index (χ3n) is 2.92. The molecule has 2 rings (SSSR count). The van der Waals surface area contributed by atoms with Crippen LogP contribution in [0.3, 0.4) is 0 Å². The number of halogens is 1. The van der Waals surface area contributed by atoms with Crippen molar-refractivity contribution >= 4 is 0 Å². The van der Waals surface area contributed by atoms with E-state index in [1.165, 1.54) is 6.07 Å². The van der Waals surface area contributed by atoms with E-state index in [1.807, 2.05) is 6.92 Å². The van der Waals surface area contributed by atoms with Gasteiger partial charge in [0.1, 0.15) is 18.6 Å². The number of aromatic hydroxyl groups is 1. The molecule has 0 unspecified atom stereocenters. The Bertz CT molecular complexity index is 599. The normalized spacial score (nSPS) is 11.8. The van der Waals surface area contributed by atoms with Crippen molar-refractivity contribution in [3.05, 3.63) is 41.7 Å². The molecule has 0 bridgehead atoms. The van der Waals surface area contributed by atoms with Crippen molar-refractivity contribution < 1.29 is 14.0 Å². The lowest BCUT2D eigenvalue weighted by Gasteiger charge is -2.25. The van der Waals surface area contributed by atoms with Gasteiger partial charge < -0.3 is 9.59 Å². The Morgan fingerprint density at radius 3 is 2.63 bits per heavy atom. The topological polar surface area (TPSA) is 38.0 Å². The van der Waals surface area contributed by atoms with E-state index in [1.54, 1.807) is 23.0 Å². The van der Waals surface area contributed by atoms with E-state index < -0.39 is 5.82 Å². The second-order valence-electron chi connectivity index (χ2n) is 5.70. The Morgan fingerprint density at radius 1 is 1.32 bits per heavy atom. The average Bonchev–Trinajstić information content (AvgIpc) is 2.63. The number of hydrogen-bond donors (Lipinski definition) is 1. The van der Waals surface area contributed by atoms with E-state index >= 15 is 0 Å². The molecule has 0 amide bonds. The van der Waals surface area contributed by atoms with Crippen LogP contribution in [0.1, 0.15) is 11.4 Å². The third kappa shape index (κ3) is 2.76. The molecule has 0 radical (unpaired) electrons. The van der Waals surface area contributed by atoms with Gasteiger partial charge in [-0.2, -0.15) is 0 Å². The largest absolute Gasteiger partial charge is 0.503 e. The molecule has 0 atom stereocenters. The summed E-state index contributed by atoms with van der Waals surface area (Å²) in [6.07, 6.45) is 1.62. The molecule has 102 valence electrons. The summed E-state index contributed by atoms with van der Waals surface area (Å²) in [5.41, 5.74) is 2.27.